The van der Waals surface area contributed by atoms with E-state index < -0.39 is 23.8 Å². The van der Waals surface area contributed by atoms with E-state index in [0.29, 0.717) is 16.2 Å². The Bertz CT molecular complexity index is 1110. The summed E-state index contributed by atoms with van der Waals surface area (Å²) in [5, 5.41) is 7.07. The summed E-state index contributed by atoms with van der Waals surface area (Å²) < 4.78 is 0. The van der Waals surface area contributed by atoms with Crippen LogP contribution in [0.15, 0.2) is 60.8 Å². The van der Waals surface area contributed by atoms with Crippen molar-refractivity contribution in [3.05, 3.63) is 77.8 Å². The molecule has 4 N–H and O–H groups in total. The lowest BCUT2D eigenvalue weighted by atomic mass is 10.0. The average molecular weight is 452 g/mol. The molecule has 0 aliphatic rings. The van der Waals surface area contributed by atoms with Gasteiger partial charge in [-0.1, -0.05) is 48.9 Å². The van der Waals surface area contributed by atoms with Crippen molar-refractivity contribution in [2.24, 2.45) is 11.7 Å². The topological polar surface area (TPSA) is 114 Å². The van der Waals surface area contributed by atoms with Gasteiger partial charge in [0, 0.05) is 28.9 Å². The summed E-state index contributed by atoms with van der Waals surface area (Å²) in [5.41, 5.74) is 7.28. The van der Waals surface area contributed by atoms with Crippen LogP contribution in [0.4, 0.5) is 5.69 Å². The molecule has 3 rings (SSSR count). The van der Waals surface area contributed by atoms with Crippen molar-refractivity contribution in [1.82, 2.24) is 10.3 Å². The quantitative estimate of drug-likeness (QED) is 0.463. The van der Waals surface area contributed by atoms with E-state index in [2.05, 4.69) is 15.6 Å². The Labute approximate surface area is 191 Å². The minimum absolute atomic E-state index is 0.184. The van der Waals surface area contributed by atoms with E-state index in [1.807, 2.05) is 24.3 Å². The van der Waals surface area contributed by atoms with Gasteiger partial charge < -0.3 is 16.4 Å². The van der Waals surface area contributed by atoms with Gasteiger partial charge in [-0.2, -0.15) is 0 Å². The first-order valence-electron chi connectivity index (χ1n) is 10.2. The highest BCUT2D eigenvalue weighted by Crippen LogP contribution is 2.21. The van der Waals surface area contributed by atoms with Gasteiger partial charge in [0.1, 0.15) is 6.04 Å². The van der Waals surface area contributed by atoms with Gasteiger partial charge in [-0.3, -0.25) is 19.4 Å². The molecular weight excluding hydrogens is 428 g/mol. The molecule has 1 heterocycles. The molecule has 2 aromatic carbocycles. The lowest BCUT2D eigenvalue weighted by Crippen LogP contribution is -2.45. The lowest BCUT2D eigenvalue weighted by Gasteiger charge is -2.19. The summed E-state index contributed by atoms with van der Waals surface area (Å²) in [4.78, 5) is 41.2. The Balaban J connectivity index is 1.77. The summed E-state index contributed by atoms with van der Waals surface area (Å²) >= 11 is 5.96. The third-order valence-corrected chi connectivity index (χ3v) is 5.27. The maximum Gasteiger partial charge on any atom is 0.247 e. The predicted octanol–water partition coefficient (Wildman–Crippen LogP) is 3.27. The molecule has 0 aliphatic carbocycles. The first-order valence-corrected chi connectivity index (χ1v) is 10.5. The number of benzene rings is 2. The largest absolute Gasteiger partial charge is 0.369 e. The number of primary amides is 1. The van der Waals surface area contributed by atoms with Crippen LogP contribution >= 0.6 is 11.6 Å². The highest BCUT2D eigenvalue weighted by Gasteiger charge is 2.23. The molecule has 8 heteroatoms. The maximum absolute atomic E-state index is 13.1. The zero-order valence-corrected chi connectivity index (χ0v) is 18.3. The van der Waals surface area contributed by atoms with Gasteiger partial charge in [-0.05, 0) is 36.2 Å². The molecule has 0 bridgehead atoms. The van der Waals surface area contributed by atoms with E-state index >= 15 is 0 Å². The molecule has 2 atom stereocenters. The van der Waals surface area contributed by atoms with Gasteiger partial charge in [0.05, 0.1) is 17.6 Å². The highest BCUT2D eigenvalue weighted by molar-refractivity contribution is 6.30. The molecule has 165 valence electrons. The second-order valence-corrected chi connectivity index (χ2v) is 7.94. The van der Waals surface area contributed by atoms with Crippen LogP contribution in [-0.2, 0) is 20.8 Å². The van der Waals surface area contributed by atoms with Gasteiger partial charge in [0.25, 0.3) is 0 Å². The van der Waals surface area contributed by atoms with E-state index in [9.17, 15) is 14.4 Å². The zero-order valence-electron chi connectivity index (χ0n) is 17.5. The van der Waals surface area contributed by atoms with E-state index in [1.165, 1.54) is 6.42 Å². The summed E-state index contributed by atoms with van der Waals surface area (Å²) in [6.45, 7) is 1.64. The number of rotatable bonds is 9. The van der Waals surface area contributed by atoms with Gasteiger partial charge in [-0.15, -0.1) is 0 Å². The van der Waals surface area contributed by atoms with E-state index in [4.69, 9.17) is 17.3 Å². The van der Waals surface area contributed by atoms with Gasteiger partial charge >= 0.3 is 0 Å². The van der Waals surface area contributed by atoms with E-state index in [1.54, 1.807) is 43.5 Å². The SMILES string of the molecule is CC(C[CH]C(=O)N[C@@H](Cc1ccc(Cl)cc1)C(=O)Nc1cccc2cccnc12)C(N)=O. The highest BCUT2D eigenvalue weighted by atomic mass is 35.5. The summed E-state index contributed by atoms with van der Waals surface area (Å²) in [5.74, 6) is -1.81. The van der Waals surface area contributed by atoms with Crippen molar-refractivity contribution in [2.75, 3.05) is 5.32 Å². The lowest BCUT2D eigenvalue weighted by molar-refractivity contribution is -0.125. The van der Waals surface area contributed by atoms with Crippen LogP contribution in [0.2, 0.25) is 5.02 Å². The number of nitrogens with zero attached hydrogens (tertiary/aromatic N) is 1. The monoisotopic (exact) mass is 451 g/mol. The van der Waals surface area contributed by atoms with Crippen molar-refractivity contribution in [2.45, 2.75) is 25.8 Å². The third kappa shape index (κ3) is 6.28. The van der Waals surface area contributed by atoms with Crippen molar-refractivity contribution in [3.63, 3.8) is 0 Å². The van der Waals surface area contributed by atoms with Crippen molar-refractivity contribution in [1.29, 1.82) is 0 Å². The molecule has 0 spiro atoms. The normalized spacial score (nSPS) is 12.7. The van der Waals surface area contributed by atoms with Crippen molar-refractivity contribution in [3.8, 4) is 0 Å². The number of halogens is 1. The fourth-order valence-corrected chi connectivity index (χ4v) is 3.25. The molecule has 0 saturated carbocycles. The fourth-order valence-electron chi connectivity index (χ4n) is 3.12. The number of anilines is 1. The molecule has 1 unspecified atom stereocenters. The second kappa shape index (κ2) is 10.7. The number of nitrogens with two attached hydrogens (primary N) is 1. The fraction of sp³-hybridized carbons (Fsp3) is 0.208. The Morgan fingerprint density at radius 2 is 1.81 bits per heavy atom. The van der Waals surface area contributed by atoms with Gasteiger partial charge in [-0.25, -0.2) is 0 Å². The average Bonchev–Trinajstić information content (AvgIpc) is 2.78. The number of amides is 3. The number of hydrogen-bond acceptors (Lipinski definition) is 4. The number of pyridine rings is 1. The van der Waals surface area contributed by atoms with Crippen molar-refractivity contribution < 1.29 is 14.4 Å². The Morgan fingerprint density at radius 3 is 2.53 bits per heavy atom. The van der Waals surface area contributed by atoms with Crippen molar-refractivity contribution >= 4 is 45.9 Å². The van der Waals surface area contributed by atoms with E-state index in [0.717, 1.165) is 10.9 Å². The number of hydrogen-bond donors (Lipinski definition) is 3. The molecular formula is C24H24ClN4O3. The first kappa shape index (κ1) is 23.2. The molecule has 0 fully saturated rings. The van der Waals surface area contributed by atoms with Crippen LogP contribution in [0, 0.1) is 12.3 Å². The van der Waals surface area contributed by atoms with Gasteiger partial charge in [0.15, 0.2) is 0 Å². The van der Waals surface area contributed by atoms with Crippen LogP contribution < -0.4 is 16.4 Å². The van der Waals surface area contributed by atoms with Crippen LogP contribution in [0.25, 0.3) is 10.9 Å². The molecule has 0 saturated heterocycles. The predicted molar refractivity (Wildman–Crippen MR) is 125 cm³/mol. The third-order valence-electron chi connectivity index (χ3n) is 5.02. The Hall–Kier alpha value is -3.45. The molecule has 3 amide bonds. The van der Waals surface area contributed by atoms with Crippen LogP contribution in [0.5, 0.6) is 0 Å². The number of nitrogens with one attached hydrogen (secondary N) is 2. The number of carbonyl (C=O) groups excluding carboxylic acids is 3. The van der Waals surface area contributed by atoms with Crippen LogP contribution in [0.1, 0.15) is 18.9 Å². The minimum Gasteiger partial charge on any atom is -0.369 e. The molecule has 3 aromatic rings. The maximum atomic E-state index is 13.1. The van der Waals surface area contributed by atoms with E-state index in [-0.39, 0.29) is 18.7 Å². The van der Waals surface area contributed by atoms with Crippen LogP contribution in [-0.4, -0.2) is 28.7 Å². The standard InChI is InChI=1S/C24H24ClN4O3/c1-15(23(26)31)7-12-21(30)28-20(14-16-8-10-18(25)11-9-16)24(32)29-19-6-2-4-17-5-3-13-27-22(17)19/h2-6,8-13,15,20H,7,14H2,1H3,(H2,26,31)(H,28,30)(H,29,32)/t15?,20-/m0/s1. The molecule has 32 heavy (non-hydrogen) atoms. The zero-order chi connectivity index (χ0) is 23.1. The smallest absolute Gasteiger partial charge is 0.247 e. The summed E-state index contributed by atoms with van der Waals surface area (Å²) in [7, 11) is 0. The van der Waals surface area contributed by atoms with Gasteiger partial charge in [0.2, 0.25) is 17.7 Å². The first-order chi connectivity index (χ1) is 15.3. The number of para-hydroxylation sites is 1. The number of fused-ring (bicyclic) bond motifs is 1. The summed E-state index contributed by atoms with van der Waals surface area (Å²) in [6.07, 6.45) is 3.42. The molecule has 1 radical (unpaired) electrons. The molecule has 7 nitrogen and oxygen atoms in total. The molecule has 1 aromatic heterocycles. The second-order valence-electron chi connectivity index (χ2n) is 7.50. The Morgan fingerprint density at radius 1 is 1.09 bits per heavy atom. The summed E-state index contributed by atoms with van der Waals surface area (Å²) in [6, 6.07) is 15.4. The van der Waals surface area contributed by atoms with Crippen LogP contribution in [0.3, 0.4) is 0 Å². The Kier molecular flexibility index (Phi) is 7.78. The molecule has 0 aliphatic heterocycles. The minimum atomic E-state index is -0.859. The number of aromatic nitrogens is 1. The number of carbonyl (C=O) groups is 3.